The van der Waals surface area contributed by atoms with Crippen LogP contribution in [0.3, 0.4) is 0 Å². The highest BCUT2D eigenvalue weighted by atomic mass is 16.4. The molecule has 0 aromatic rings. The fraction of sp³-hybridized carbons (Fsp3) is 0.918. The van der Waals surface area contributed by atoms with E-state index in [2.05, 4.69) is 40.5 Å². The maximum absolute atomic E-state index is 13.1. The van der Waals surface area contributed by atoms with Gasteiger partial charge in [0.05, 0.1) is 6.54 Å². The Hall–Kier alpha value is -2.44. The maximum atomic E-state index is 13.1. The molecule has 360 valence electrons. The van der Waals surface area contributed by atoms with Gasteiger partial charge in [-0.3, -0.25) is 19.8 Å². The van der Waals surface area contributed by atoms with E-state index in [0.717, 1.165) is 82.4 Å². The molecule has 0 spiro atoms. The second kappa shape index (κ2) is 47.0. The number of carbonyl (C=O) groups excluding carboxylic acids is 3. The van der Waals surface area contributed by atoms with E-state index in [1.165, 1.54) is 154 Å². The second-order valence-electron chi connectivity index (χ2n) is 17.6. The number of nitrogens with zero attached hydrogens (tertiary/aromatic N) is 1. The summed E-state index contributed by atoms with van der Waals surface area (Å²) in [6.07, 6.45) is 39.0. The molecule has 0 aliphatic carbocycles. The topological polar surface area (TPSA) is 178 Å². The molecule has 0 saturated heterocycles. The largest absolute Gasteiger partial charge is 0.464 e. The van der Waals surface area contributed by atoms with Crippen LogP contribution in [0.4, 0.5) is 4.79 Å². The zero-order chi connectivity index (χ0) is 44.7. The van der Waals surface area contributed by atoms with Crippen molar-refractivity contribution < 1.29 is 24.3 Å². The molecule has 0 aliphatic heterocycles. The Morgan fingerprint density at radius 2 is 0.803 bits per heavy atom. The number of unbranched alkanes of at least 4 members (excludes halogenated alkanes) is 29. The van der Waals surface area contributed by atoms with Gasteiger partial charge in [0.1, 0.15) is 6.17 Å². The summed E-state index contributed by atoms with van der Waals surface area (Å²) >= 11 is 0. The van der Waals surface area contributed by atoms with Gasteiger partial charge in [-0.25, -0.2) is 4.79 Å². The van der Waals surface area contributed by atoms with E-state index in [1.54, 1.807) is 0 Å². The molecule has 0 bridgehead atoms. The maximum Gasteiger partial charge on any atom is 0.428 e. The number of hydrogen-bond donors (Lipinski definition) is 7. The van der Waals surface area contributed by atoms with Gasteiger partial charge in [0.15, 0.2) is 0 Å². The average Bonchev–Trinajstić information content (AvgIpc) is 3.25. The monoisotopic (exact) mass is 866 g/mol. The fourth-order valence-electron chi connectivity index (χ4n) is 7.79. The minimum atomic E-state index is -1.28. The van der Waals surface area contributed by atoms with Gasteiger partial charge in [0, 0.05) is 25.8 Å². The smallest absolute Gasteiger partial charge is 0.428 e. The first kappa shape index (κ1) is 58.6. The Kier molecular flexibility index (Phi) is 45.2. The molecule has 0 saturated carbocycles. The van der Waals surface area contributed by atoms with Crippen LogP contribution >= 0.6 is 0 Å². The third-order valence-electron chi connectivity index (χ3n) is 11.7. The third-order valence-corrected chi connectivity index (χ3v) is 11.7. The van der Waals surface area contributed by atoms with E-state index < -0.39 is 12.3 Å². The fourth-order valence-corrected chi connectivity index (χ4v) is 7.79. The van der Waals surface area contributed by atoms with Crippen LogP contribution in [0.15, 0.2) is 0 Å². The highest BCUT2D eigenvalue weighted by molar-refractivity contribution is 5.80. The van der Waals surface area contributed by atoms with Crippen molar-refractivity contribution in [3.05, 3.63) is 0 Å². The standard InChI is InChI=1S/C49H99N7O5/c1-3-5-7-9-11-13-15-17-19-21-23-25-27-29-31-36-46(57)54-45(38-43-52-40-34-33-39-51-41-35-42-53-48(59)44-50)56(49(60)61)55-47(58)37-32-30-28-26-24-22-20-18-16-14-12-10-8-6-4-2/h45,51-52H,3-44,50H2,1-2H3,(H,53,59)(H,54,57)(H,55,58)(H,60,61). The van der Waals surface area contributed by atoms with Crippen molar-refractivity contribution in [2.45, 2.75) is 251 Å². The molecule has 0 aliphatic rings. The molecule has 0 aromatic heterocycles. The lowest BCUT2D eigenvalue weighted by Gasteiger charge is -2.30. The average molecular weight is 866 g/mol. The first-order valence-corrected chi connectivity index (χ1v) is 25.8. The molecule has 0 aromatic carbocycles. The number of carbonyl (C=O) groups is 4. The summed E-state index contributed by atoms with van der Waals surface area (Å²) in [5, 5.41) is 23.5. The predicted octanol–water partition coefficient (Wildman–Crippen LogP) is 10.8. The molecule has 0 radical (unpaired) electrons. The Morgan fingerprint density at radius 3 is 1.20 bits per heavy atom. The first-order valence-electron chi connectivity index (χ1n) is 25.8. The molecule has 8 N–H and O–H groups in total. The van der Waals surface area contributed by atoms with Gasteiger partial charge >= 0.3 is 6.09 Å². The van der Waals surface area contributed by atoms with E-state index in [4.69, 9.17) is 5.73 Å². The van der Waals surface area contributed by atoms with E-state index in [-0.39, 0.29) is 30.7 Å². The molecule has 61 heavy (non-hydrogen) atoms. The summed E-state index contributed by atoms with van der Waals surface area (Å²) in [6, 6.07) is 0. The predicted molar refractivity (Wildman–Crippen MR) is 255 cm³/mol. The van der Waals surface area contributed by atoms with E-state index in [9.17, 15) is 24.3 Å². The molecular weight excluding hydrogens is 767 g/mol. The Bertz CT molecular complexity index is 1000. The van der Waals surface area contributed by atoms with Crippen LogP contribution in [0.2, 0.25) is 0 Å². The number of rotatable bonds is 47. The summed E-state index contributed by atoms with van der Waals surface area (Å²) in [7, 11) is 0. The molecule has 0 fully saturated rings. The SMILES string of the molecule is CCCCCCCCCCCCCCCCCC(=O)NC(CCNCCCCNCCCNC(=O)CN)N(NC(=O)CCCCCCCCCCCCCCCCC)C(=O)O. The second-order valence-corrected chi connectivity index (χ2v) is 17.6. The minimum absolute atomic E-state index is 0.00960. The van der Waals surface area contributed by atoms with E-state index in [0.29, 0.717) is 25.9 Å². The van der Waals surface area contributed by atoms with Crippen molar-refractivity contribution in [1.82, 2.24) is 31.7 Å². The van der Waals surface area contributed by atoms with Crippen LogP contribution in [0, 0.1) is 0 Å². The van der Waals surface area contributed by atoms with E-state index in [1.807, 2.05) is 0 Å². The molecule has 12 nitrogen and oxygen atoms in total. The number of carboxylic acid groups (broad SMARTS) is 1. The summed E-state index contributed by atoms with van der Waals surface area (Å²) in [4.78, 5) is 49.7. The lowest BCUT2D eigenvalue weighted by molar-refractivity contribution is -0.129. The summed E-state index contributed by atoms with van der Waals surface area (Å²) in [5.41, 5.74) is 7.91. The molecule has 4 amide bonds. The first-order chi connectivity index (χ1) is 29.8. The van der Waals surface area contributed by atoms with Crippen molar-refractivity contribution in [2.24, 2.45) is 5.73 Å². The lowest BCUT2D eigenvalue weighted by atomic mass is 10.0. The summed E-state index contributed by atoms with van der Waals surface area (Å²) in [5.74, 6) is -0.658. The summed E-state index contributed by atoms with van der Waals surface area (Å²) in [6.45, 7) is 8.07. The molecule has 1 unspecified atom stereocenters. The Labute approximate surface area is 375 Å². The minimum Gasteiger partial charge on any atom is -0.464 e. The van der Waals surface area contributed by atoms with Gasteiger partial charge in [0.2, 0.25) is 17.7 Å². The van der Waals surface area contributed by atoms with Gasteiger partial charge in [-0.15, -0.1) is 0 Å². The van der Waals surface area contributed by atoms with E-state index >= 15 is 0 Å². The number of hydrogen-bond acceptors (Lipinski definition) is 7. The van der Waals surface area contributed by atoms with Crippen LogP contribution in [0.1, 0.15) is 245 Å². The lowest BCUT2D eigenvalue weighted by Crippen LogP contribution is -2.58. The quantitative estimate of drug-likeness (QED) is 0.0179. The molecule has 0 rings (SSSR count). The van der Waals surface area contributed by atoms with Crippen molar-refractivity contribution >= 4 is 23.8 Å². The van der Waals surface area contributed by atoms with Crippen LogP contribution in [-0.2, 0) is 14.4 Å². The third kappa shape index (κ3) is 42.6. The van der Waals surface area contributed by atoms with Crippen molar-refractivity contribution in [2.75, 3.05) is 39.3 Å². The highest BCUT2D eigenvalue weighted by Crippen LogP contribution is 2.16. The van der Waals surface area contributed by atoms with Gasteiger partial charge in [-0.1, -0.05) is 194 Å². The zero-order valence-corrected chi connectivity index (χ0v) is 39.9. The van der Waals surface area contributed by atoms with Crippen LogP contribution in [-0.4, -0.2) is 79.4 Å². The number of nitrogens with two attached hydrogens (primary N) is 1. The highest BCUT2D eigenvalue weighted by Gasteiger charge is 2.26. The summed E-state index contributed by atoms with van der Waals surface area (Å²) < 4.78 is 0. The normalized spacial score (nSPS) is 11.7. The Balaban J connectivity index is 4.56. The number of hydrazine groups is 1. The van der Waals surface area contributed by atoms with Crippen LogP contribution in [0.25, 0.3) is 0 Å². The van der Waals surface area contributed by atoms with Gasteiger partial charge in [-0.05, 0) is 58.3 Å². The zero-order valence-electron chi connectivity index (χ0n) is 39.9. The molecule has 0 heterocycles. The van der Waals surface area contributed by atoms with Gasteiger partial charge in [-0.2, -0.15) is 5.01 Å². The molecule has 1 atom stereocenters. The molecular formula is C49H99N7O5. The van der Waals surface area contributed by atoms with Crippen molar-refractivity contribution in [3.63, 3.8) is 0 Å². The van der Waals surface area contributed by atoms with Crippen LogP contribution in [0.5, 0.6) is 0 Å². The number of nitrogens with one attached hydrogen (secondary N) is 5. The van der Waals surface area contributed by atoms with Crippen LogP contribution < -0.4 is 32.4 Å². The Morgan fingerprint density at radius 1 is 0.443 bits per heavy atom. The van der Waals surface area contributed by atoms with Crippen molar-refractivity contribution in [1.29, 1.82) is 0 Å². The van der Waals surface area contributed by atoms with Gasteiger partial charge in [0.25, 0.3) is 0 Å². The molecule has 12 heteroatoms. The number of amides is 4. The van der Waals surface area contributed by atoms with Crippen molar-refractivity contribution in [3.8, 4) is 0 Å². The van der Waals surface area contributed by atoms with Gasteiger partial charge < -0.3 is 32.1 Å².